The van der Waals surface area contributed by atoms with Crippen LogP contribution < -0.4 is 15.4 Å². The van der Waals surface area contributed by atoms with Crippen LogP contribution in [0.25, 0.3) is 0 Å². The molecule has 7 nitrogen and oxygen atoms in total. The Hall–Kier alpha value is -2.23. The number of rotatable bonds is 4. The maximum absolute atomic E-state index is 12.4. The molecule has 1 atom stereocenters. The van der Waals surface area contributed by atoms with Crippen molar-refractivity contribution in [2.24, 2.45) is 5.92 Å². The SMILES string of the molecule is CC1C(=O)Nc2ccc(S(=O)(=O)NCc3cccs3)cc2NC1=O. The van der Waals surface area contributed by atoms with Gasteiger partial charge in [0.25, 0.3) is 0 Å². The van der Waals surface area contributed by atoms with Crippen molar-refractivity contribution in [3.63, 3.8) is 0 Å². The number of fused-ring (bicyclic) bond motifs is 1. The molecule has 0 bridgehead atoms. The van der Waals surface area contributed by atoms with E-state index in [0.717, 1.165) is 4.88 Å². The van der Waals surface area contributed by atoms with E-state index in [1.807, 2.05) is 17.5 Å². The Morgan fingerprint density at radius 2 is 1.83 bits per heavy atom. The lowest BCUT2D eigenvalue weighted by Gasteiger charge is -2.10. The van der Waals surface area contributed by atoms with Crippen molar-refractivity contribution in [2.75, 3.05) is 10.6 Å². The van der Waals surface area contributed by atoms with Gasteiger partial charge in [-0.05, 0) is 36.6 Å². The van der Waals surface area contributed by atoms with Crippen molar-refractivity contribution >= 4 is 44.5 Å². The Morgan fingerprint density at radius 3 is 2.50 bits per heavy atom. The molecule has 9 heteroatoms. The Bertz CT molecular complexity index is 891. The van der Waals surface area contributed by atoms with E-state index in [9.17, 15) is 18.0 Å². The summed E-state index contributed by atoms with van der Waals surface area (Å²) in [6.07, 6.45) is 0. The van der Waals surface area contributed by atoms with Gasteiger partial charge in [0.2, 0.25) is 21.8 Å². The van der Waals surface area contributed by atoms with Crippen LogP contribution >= 0.6 is 11.3 Å². The number of nitrogens with one attached hydrogen (secondary N) is 3. The molecule has 3 N–H and O–H groups in total. The van der Waals surface area contributed by atoms with Crippen LogP contribution in [0.5, 0.6) is 0 Å². The highest BCUT2D eigenvalue weighted by Crippen LogP contribution is 2.29. The molecule has 0 fully saturated rings. The van der Waals surface area contributed by atoms with Crippen LogP contribution in [0.2, 0.25) is 0 Å². The first-order valence-corrected chi connectivity index (χ1v) is 9.51. The fourth-order valence-electron chi connectivity index (χ4n) is 2.17. The number of sulfonamides is 1. The van der Waals surface area contributed by atoms with Crippen LogP contribution in [0.15, 0.2) is 40.6 Å². The molecule has 2 aromatic rings. The molecule has 0 radical (unpaired) electrons. The highest BCUT2D eigenvalue weighted by Gasteiger charge is 2.27. The van der Waals surface area contributed by atoms with Gasteiger partial charge in [-0.25, -0.2) is 13.1 Å². The van der Waals surface area contributed by atoms with Crippen LogP contribution in [0.1, 0.15) is 11.8 Å². The monoisotopic (exact) mass is 365 g/mol. The topological polar surface area (TPSA) is 104 Å². The Kier molecular flexibility index (Phi) is 4.39. The zero-order valence-corrected chi connectivity index (χ0v) is 14.3. The highest BCUT2D eigenvalue weighted by molar-refractivity contribution is 7.89. The number of anilines is 2. The predicted molar refractivity (Wildman–Crippen MR) is 91.2 cm³/mol. The van der Waals surface area contributed by atoms with Gasteiger partial charge in [0, 0.05) is 11.4 Å². The van der Waals surface area contributed by atoms with Crippen molar-refractivity contribution in [1.29, 1.82) is 0 Å². The van der Waals surface area contributed by atoms with Gasteiger partial charge in [-0.2, -0.15) is 0 Å². The van der Waals surface area contributed by atoms with E-state index in [4.69, 9.17) is 0 Å². The first-order valence-electron chi connectivity index (χ1n) is 7.14. The molecule has 1 unspecified atom stereocenters. The van der Waals surface area contributed by atoms with Crippen molar-refractivity contribution < 1.29 is 18.0 Å². The summed E-state index contributed by atoms with van der Waals surface area (Å²) in [5, 5.41) is 7.04. The van der Waals surface area contributed by atoms with Gasteiger partial charge in [0.15, 0.2) is 0 Å². The molecule has 1 aromatic carbocycles. The third kappa shape index (κ3) is 3.32. The second-order valence-corrected chi connectivity index (χ2v) is 8.11. The molecular weight excluding hydrogens is 350 g/mol. The van der Waals surface area contributed by atoms with Gasteiger partial charge in [0.05, 0.1) is 16.3 Å². The van der Waals surface area contributed by atoms with E-state index < -0.39 is 27.8 Å². The standard InChI is InChI=1S/C15H15N3O4S2/c1-9-14(19)17-12-5-4-11(7-13(12)18-15(9)20)24(21,22)16-8-10-3-2-6-23-10/h2-7,9,16H,8H2,1H3,(H,17,19)(H,18,20). The minimum atomic E-state index is -3.73. The summed E-state index contributed by atoms with van der Waals surface area (Å²) in [5.41, 5.74) is 0.631. The molecule has 1 aliphatic heterocycles. The van der Waals surface area contributed by atoms with Gasteiger partial charge in [0.1, 0.15) is 5.92 Å². The van der Waals surface area contributed by atoms with Gasteiger partial charge >= 0.3 is 0 Å². The van der Waals surface area contributed by atoms with Gasteiger partial charge in [-0.15, -0.1) is 11.3 Å². The fraction of sp³-hybridized carbons (Fsp3) is 0.200. The summed E-state index contributed by atoms with van der Waals surface area (Å²) in [6.45, 7) is 1.67. The van der Waals surface area contributed by atoms with Crippen molar-refractivity contribution in [3.8, 4) is 0 Å². The van der Waals surface area contributed by atoms with Crippen LogP contribution in [0.4, 0.5) is 11.4 Å². The van der Waals surface area contributed by atoms with Crippen LogP contribution in [-0.2, 0) is 26.2 Å². The lowest BCUT2D eigenvalue weighted by Crippen LogP contribution is -2.28. The number of hydrogen-bond donors (Lipinski definition) is 3. The van der Waals surface area contributed by atoms with Crippen molar-refractivity contribution in [3.05, 3.63) is 40.6 Å². The summed E-state index contributed by atoms with van der Waals surface area (Å²) in [5.74, 6) is -1.76. The second kappa shape index (κ2) is 6.34. The average molecular weight is 365 g/mol. The second-order valence-electron chi connectivity index (χ2n) is 5.31. The maximum atomic E-state index is 12.4. The molecule has 3 rings (SSSR count). The number of benzene rings is 1. The maximum Gasteiger partial charge on any atom is 0.240 e. The molecule has 2 heterocycles. The number of carbonyl (C=O) groups is 2. The number of amides is 2. The minimum Gasteiger partial charge on any atom is -0.324 e. The van der Waals surface area contributed by atoms with Crippen molar-refractivity contribution in [2.45, 2.75) is 18.4 Å². The fourth-order valence-corrected chi connectivity index (χ4v) is 3.93. The lowest BCUT2D eigenvalue weighted by molar-refractivity contribution is -0.128. The minimum absolute atomic E-state index is 0.0157. The van der Waals surface area contributed by atoms with Gasteiger partial charge < -0.3 is 10.6 Å². The molecule has 0 saturated heterocycles. The zero-order valence-electron chi connectivity index (χ0n) is 12.7. The molecule has 0 saturated carbocycles. The summed E-state index contributed by atoms with van der Waals surface area (Å²) >= 11 is 1.45. The average Bonchev–Trinajstić information content (AvgIpc) is 3.03. The van der Waals surface area contributed by atoms with Crippen LogP contribution in [0.3, 0.4) is 0 Å². The smallest absolute Gasteiger partial charge is 0.240 e. The van der Waals surface area contributed by atoms with E-state index in [1.165, 1.54) is 36.5 Å². The molecule has 126 valence electrons. The molecule has 0 aliphatic carbocycles. The highest BCUT2D eigenvalue weighted by atomic mass is 32.2. The van der Waals surface area contributed by atoms with E-state index in [2.05, 4.69) is 15.4 Å². The quantitative estimate of drug-likeness (QED) is 0.718. The molecule has 1 aliphatic rings. The van der Waals surface area contributed by atoms with E-state index >= 15 is 0 Å². The van der Waals surface area contributed by atoms with Gasteiger partial charge in [-0.3, -0.25) is 9.59 Å². The normalized spacial score (nSPS) is 17.6. The summed E-state index contributed by atoms with van der Waals surface area (Å²) < 4.78 is 27.3. The van der Waals surface area contributed by atoms with E-state index in [-0.39, 0.29) is 17.1 Å². The summed E-state index contributed by atoms with van der Waals surface area (Å²) in [4.78, 5) is 24.6. The summed E-state index contributed by atoms with van der Waals surface area (Å²) in [7, 11) is -3.73. The van der Waals surface area contributed by atoms with Crippen LogP contribution in [-0.4, -0.2) is 20.2 Å². The molecule has 0 spiro atoms. The zero-order chi connectivity index (χ0) is 17.3. The number of thiophene rings is 1. The van der Waals surface area contributed by atoms with Crippen LogP contribution in [0, 0.1) is 5.92 Å². The third-order valence-electron chi connectivity index (χ3n) is 3.62. The number of hydrogen-bond acceptors (Lipinski definition) is 5. The Morgan fingerprint density at radius 1 is 1.12 bits per heavy atom. The molecular formula is C15H15N3O4S2. The third-order valence-corrected chi connectivity index (χ3v) is 5.90. The molecule has 2 amide bonds. The largest absolute Gasteiger partial charge is 0.324 e. The van der Waals surface area contributed by atoms with E-state index in [0.29, 0.717) is 5.69 Å². The number of carbonyl (C=O) groups excluding carboxylic acids is 2. The predicted octanol–water partition coefficient (Wildman–Crippen LogP) is 1.75. The Labute approximate surface area is 143 Å². The van der Waals surface area contributed by atoms with Crippen molar-refractivity contribution in [1.82, 2.24) is 4.72 Å². The first-order chi connectivity index (χ1) is 11.4. The molecule has 24 heavy (non-hydrogen) atoms. The van der Waals surface area contributed by atoms with E-state index in [1.54, 1.807) is 0 Å². The summed E-state index contributed by atoms with van der Waals surface area (Å²) in [6, 6.07) is 7.86. The van der Waals surface area contributed by atoms with Gasteiger partial charge in [-0.1, -0.05) is 6.07 Å². The first kappa shape index (κ1) is 16.6. The Balaban J connectivity index is 1.86. The molecule has 1 aromatic heterocycles. The lowest BCUT2D eigenvalue weighted by atomic mass is 10.1.